The number of aromatic nitrogens is 1. The zero-order chi connectivity index (χ0) is 15.9. The van der Waals surface area contributed by atoms with E-state index in [-0.39, 0.29) is 41.9 Å². The highest BCUT2D eigenvalue weighted by molar-refractivity contribution is 5.93. The van der Waals surface area contributed by atoms with Gasteiger partial charge in [-0.15, -0.1) is 0 Å². The Hall–Kier alpha value is -2.38. The topological polar surface area (TPSA) is 95.8 Å². The maximum absolute atomic E-state index is 12.1. The molecule has 0 spiro atoms. The van der Waals surface area contributed by atoms with Gasteiger partial charge in [-0.3, -0.25) is 14.4 Å². The van der Waals surface area contributed by atoms with Gasteiger partial charge in [-0.1, -0.05) is 5.16 Å². The molecule has 2 saturated heterocycles. The Balaban J connectivity index is 1.56. The van der Waals surface area contributed by atoms with E-state index in [9.17, 15) is 14.4 Å². The molecule has 1 unspecified atom stereocenters. The van der Waals surface area contributed by atoms with Crippen molar-refractivity contribution in [3.63, 3.8) is 0 Å². The van der Waals surface area contributed by atoms with Crippen molar-refractivity contribution in [2.24, 2.45) is 5.92 Å². The first-order valence-electron chi connectivity index (χ1n) is 7.23. The lowest BCUT2D eigenvalue weighted by Crippen LogP contribution is -2.61. The van der Waals surface area contributed by atoms with Gasteiger partial charge in [0.25, 0.3) is 5.91 Å². The van der Waals surface area contributed by atoms with E-state index in [1.54, 1.807) is 29.8 Å². The van der Waals surface area contributed by atoms with Crippen LogP contribution in [-0.2, 0) is 9.59 Å². The van der Waals surface area contributed by atoms with Gasteiger partial charge in [0.05, 0.1) is 17.7 Å². The summed E-state index contributed by atoms with van der Waals surface area (Å²) >= 11 is 0. The second-order valence-electron chi connectivity index (χ2n) is 5.76. The summed E-state index contributed by atoms with van der Waals surface area (Å²) in [6.07, 6.45) is 0.241. The van der Waals surface area contributed by atoms with Crippen LogP contribution in [0.2, 0.25) is 0 Å². The third-order valence-corrected chi connectivity index (χ3v) is 4.20. The second kappa shape index (κ2) is 5.43. The molecule has 3 heterocycles. The molecule has 0 aromatic carbocycles. The number of carbonyl (C=O) groups is 3. The normalized spacial score (nSPS) is 21.9. The molecule has 118 valence electrons. The van der Waals surface area contributed by atoms with E-state index < -0.39 is 0 Å². The minimum Gasteiger partial charge on any atom is -0.359 e. The summed E-state index contributed by atoms with van der Waals surface area (Å²) in [6, 6.07) is 1.58. The van der Waals surface area contributed by atoms with Gasteiger partial charge in [0.1, 0.15) is 0 Å². The molecule has 3 amide bonds. The number of rotatable bonds is 3. The molecule has 22 heavy (non-hydrogen) atoms. The highest BCUT2D eigenvalue weighted by atomic mass is 16.5. The first-order valence-corrected chi connectivity index (χ1v) is 7.23. The predicted molar refractivity (Wildman–Crippen MR) is 74.8 cm³/mol. The molecule has 2 fully saturated rings. The summed E-state index contributed by atoms with van der Waals surface area (Å²) in [5.41, 5.74) is 0.656. The van der Waals surface area contributed by atoms with E-state index in [1.165, 1.54) is 0 Å². The molecule has 8 heteroatoms. The van der Waals surface area contributed by atoms with Crippen LogP contribution in [0, 0.1) is 12.8 Å². The van der Waals surface area contributed by atoms with Crippen LogP contribution in [0.25, 0.3) is 0 Å². The average Bonchev–Trinajstić information content (AvgIpc) is 3.03. The van der Waals surface area contributed by atoms with Gasteiger partial charge in [-0.2, -0.15) is 0 Å². The monoisotopic (exact) mass is 306 g/mol. The van der Waals surface area contributed by atoms with Crippen molar-refractivity contribution in [3.8, 4) is 0 Å². The molecule has 0 aliphatic carbocycles. The number of nitrogens with zero attached hydrogens (tertiary/aromatic N) is 3. The molecule has 0 radical (unpaired) electrons. The van der Waals surface area contributed by atoms with Gasteiger partial charge in [0.2, 0.25) is 17.6 Å². The lowest BCUT2D eigenvalue weighted by molar-refractivity contribution is -0.132. The van der Waals surface area contributed by atoms with Gasteiger partial charge in [0, 0.05) is 39.2 Å². The number of carbonyl (C=O) groups excluding carboxylic acids is 3. The van der Waals surface area contributed by atoms with E-state index in [0.29, 0.717) is 25.3 Å². The fraction of sp³-hybridized carbons (Fsp3) is 0.571. The van der Waals surface area contributed by atoms with Crippen LogP contribution in [-0.4, -0.2) is 65.4 Å². The number of likely N-dealkylation sites (tertiary alicyclic amines) is 2. The molecule has 2 aliphatic heterocycles. The molecule has 3 rings (SSSR count). The van der Waals surface area contributed by atoms with E-state index in [1.807, 2.05) is 0 Å². The molecule has 1 atom stereocenters. The first-order chi connectivity index (χ1) is 10.5. The zero-order valence-corrected chi connectivity index (χ0v) is 12.5. The standard InChI is InChI=1S/C14H18N4O4/c1-8-3-11(22-16-8)14(21)17-6-10(7-17)18-5-9(4-12(18)19)13(20)15-2/h3,9-10H,4-7H2,1-2H3,(H,15,20). The Morgan fingerprint density at radius 3 is 2.68 bits per heavy atom. The Kier molecular flexibility index (Phi) is 3.59. The van der Waals surface area contributed by atoms with Crippen LogP contribution in [0.15, 0.2) is 10.6 Å². The maximum Gasteiger partial charge on any atom is 0.292 e. The predicted octanol–water partition coefficient (Wildman–Crippen LogP) is -0.598. The third-order valence-electron chi connectivity index (χ3n) is 4.20. The number of nitrogens with one attached hydrogen (secondary N) is 1. The van der Waals surface area contributed by atoms with E-state index in [4.69, 9.17) is 4.52 Å². The Labute approximate surface area is 127 Å². The Morgan fingerprint density at radius 2 is 2.09 bits per heavy atom. The maximum atomic E-state index is 12.1. The Bertz CT molecular complexity index is 620. The molecule has 1 N–H and O–H groups in total. The number of hydrogen-bond acceptors (Lipinski definition) is 5. The second-order valence-corrected chi connectivity index (χ2v) is 5.76. The highest BCUT2D eigenvalue weighted by Gasteiger charge is 2.43. The van der Waals surface area contributed by atoms with Crippen molar-refractivity contribution in [1.29, 1.82) is 0 Å². The number of hydrogen-bond donors (Lipinski definition) is 1. The molecule has 1 aromatic rings. The van der Waals surface area contributed by atoms with Gasteiger partial charge in [-0.05, 0) is 6.92 Å². The van der Waals surface area contributed by atoms with Crippen LogP contribution >= 0.6 is 0 Å². The van der Waals surface area contributed by atoms with Gasteiger partial charge >= 0.3 is 0 Å². The summed E-state index contributed by atoms with van der Waals surface area (Å²) in [5, 5.41) is 6.27. The van der Waals surface area contributed by atoms with Crippen molar-refractivity contribution in [1.82, 2.24) is 20.3 Å². The quantitative estimate of drug-likeness (QED) is 0.804. The zero-order valence-electron chi connectivity index (χ0n) is 12.5. The molecular formula is C14H18N4O4. The fourth-order valence-electron chi connectivity index (χ4n) is 2.90. The van der Waals surface area contributed by atoms with Crippen molar-refractivity contribution >= 4 is 17.7 Å². The van der Waals surface area contributed by atoms with Crippen LogP contribution in [0.1, 0.15) is 22.7 Å². The molecule has 0 bridgehead atoms. The van der Waals surface area contributed by atoms with Crippen molar-refractivity contribution in [3.05, 3.63) is 17.5 Å². The van der Waals surface area contributed by atoms with Crippen molar-refractivity contribution in [2.75, 3.05) is 26.7 Å². The summed E-state index contributed by atoms with van der Waals surface area (Å²) in [5.74, 6) is -0.432. The molecular weight excluding hydrogens is 288 g/mol. The largest absolute Gasteiger partial charge is 0.359 e. The van der Waals surface area contributed by atoms with Crippen LogP contribution in [0.4, 0.5) is 0 Å². The molecule has 8 nitrogen and oxygen atoms in total. The van der Waals surface area contributed by atoms with Crippen molar-refractivity contribution < 1.29 is 18.9 Å². The number of aryl methyl sites for hydroxylation is 1. The Morgan fingerprint density at radius 1 is 1.36 bits per heavy atom. The number of amides is 3. The molecule has 2 aliphatic rings. The van der Waals surface area contributed by atoms with Gasteiger partial charge < -0.3 is 19.6 Å². The van der Waals surface area contributed by atoms with Crippen LogP contribution in [0.5, 0.6) is 0 Å². The summed E-state index contributed by atoms with van der Waals surface area (Å²) in [6.45, 7) is 3.10. The fourth-order valence-corrected chi connectivity index (χ4v) is 2.90. The van der Waals surface area contributed by atoms with E-state index in [0.717, 1.165) is 0 Å². The minimum absolute atomic E-state index is 0.0184. The highest BCUT2D eigenvalue weighted by Crippen LogP contribution is 2.26. The summed E-state index contributed by atoms with van der Waals surface area (Å²) in [4.78, 5) is 39.1. The molecule has 0 saturated carbocycles. The SMILES string of the molecule is CNC(=O)C1CC(=O)N(C2CN(C(=O)c3cc(C)no3)C2)C1. The smallest absolute Gasteiger partial charge is 0.292 e. The lowest BCUT2D eigenvalue weighted by atomic mass is 10.1. The van der Waals surface area contributed by atoms with Gasteiger partial charge in [-0.25, -0.2) is 0 Å². The minimum atomic E-state index is -0.292. The van der Waals surface area contributed by atoms with E-state index in [2.05, 4.69) is 10.5 Å². The summed E-state index contributed by atoms with van der Waals surface area (Å²) in [7, 11) is 1.57. The van der Waals surface area contributed by atoms with Crippen LogP contribution < -0.4 is 5.32 Å². The molecule has 1 aromatic heterocycles. The first kappa shape index (κ1) is 14.6. The average molecular weight is 306 g/mol. The lowest BCUT2D eigenvalue weighted by Gasteiger charge is -2.43. The van der Waals surface area contributed by atoms with E-state index >= 15 is 0 Å². The van der Waals surface area contributed by atoms with Crippen molar-refractivity contribution in [2.45, 2.75) is 19.4 Å². The third kappa shape index (κ3) is 2.44. The van der Waals surface area contributed by atoms with Crippen LogP contribution in [0.3, 0.4) is 0 Å². The summed E-state index contributed by atoms with van der Waals surface area (Å²) < 4.78 is 4.95. The van der Waals surface area contributed by atoms with Gasteiger partial charge in [0.15, 0.2) is 0 Å².